The normalized spacial score (nSPS) is 12.1. The Bertz CT molecular complexity index is 934. The van der Waals surface area contributed by atoms with Crippen molar-refractivity contribution in [3.63, 3.8) is 0 Å². The van der Waals surface area contributed by atoms with E-state index in [4.69, 9.17) is 18.7 Å². The summed E-state index contributed by atoms with van der Waals surface area (Å²) in [6.07, 6.45) is 0.137. The van der Waals surface area contributed by atoms with Gasteiger partial charge in [-0.2, -0.15) is 4.98 Å². The lowest BCUT2D eigenvalue weighted by Gasteiger charge is -2.23. The quantitative estimate of drug-likeness (QED) is 0.499. The van der Waals surface area contributed by atoms with E-state index in [1.807, 2.05) is 18.2 Å². The highest BCUT2D eigenvalue weighted by molar-refractivity contribution is 5.66. The van der Waals surface area contributed by atoms with Crippen molar-refractivity contribution in [1.82, 2.24) is 15.0 Å². The van der Waals surface area contributed by atoms with E-state index in [2.05, 4.69) is 27.2 Å². The molecular formula is C23H29N3O5. The van der Waals surface area contributed by atoms with Gasteiger partial charge in [-0.25, -0.2) is 0 Å². The van der Waals surface area contributed by atoms with Crippen LogP contribution in [-0.4, -0.2) is 60.7 Å². The number of rotatable bonds is 11. The summed E-state index contributed by atoms with van der Waals surface area (Å²) in [5, 5.41) is 14.0. The Morgan fingerprint density at radius 3 is 2.29 bits per heavy atom. The van der Waals surface area contributed by atoms with Gasteiger partial charge in [0.25, 0.3) is 0 Å². The summed E-state index contributed by atoms with van der Waals surface area (Å²) >= 11 is 0. The molecular weight excluding hydrogens is 398 g/mol. The number of hydrogen-bond acceptors (Lipinski definition) is 8. The summed E-state index contributed by atoms with van der Waals surface area (Å²) in [6, 6.07) is 13.7. The van der Waals surface area contributed by atoms with Crippen molar-refractivity contribution in [2.45, 2.75) is 26.0 Å². The molecule has 1 N–H and O–H groups in total. The van der Waals surface area contributed by atoms with Gasteiger partial charge in [-0.15, -0.1) is 0 Å². The predicted molar refractivity (Wildman–Crippen MR) is 116 cm³/mol. The van der Waals surface area contributed by atoms with E-state index in [0.29, 0.717) is 54.0 Å². The largest absolute Gasteiger partial charge is 0.493 e. The third-order valence-electron chi connectivity index (χ3n) is 4.80. The van der Waals surface area contributed by atoms with Crippen molar-refractivity contribution >= 4 is 0 Å². The summed E-state index contributed by atoms with van der Waals surface area (Å²) in [6.45, 7) is 3.76. The van der Waals surface area contributed by atoms with E-state index in [-0.39, 0.29) is 0 Å². The van der Waals surface area contributed by atoms with Gasteiger partial charge >= 0.3 is 0 Å². The number of aliphatic hydroxyl groups excluding tert-OH is 1. The molecule has 31 heavy (non-hydrogen) atoms. The number of ether oxygens (including phenoxy) is 3. The average Bonchev–Trinajstić information content (AvgIpc) is 3.26. The smallest absolute Gasteiger partial charge is 0.228 e. The maximum atomic E-state index is 9.87. The van der Waals surface area contributed by atoms with Crippen LogP contribution in [0.3, 0.4) is 0 Å². The zero-order valence-electron chi connectivity index (χ0n) is 18.4. The summed E-state index contributed by atoms with van der Waals surface area (Å²) < 4.78 is 21.6. The van der Waals surface area contributed by atoms with Crippen LogP contribution in [0.4, 0.5) is 0 Å². The monoisotopic (exact) mass is 427 g/mol. The molecule has 0 spiro atoms. The van der Waals surface area contributed by atoms with Gasteiger partial charge in [0, 0.05) is 31.6 Å². The van der Waals surface area contributed by atoms with Gasteiger partial charge in [-0.1, -0.05) is 35.5 Å². The second-order valence-corrected chi connectivity index (χ2v) is 7.25. The molecule has 1 heterocycles. The Labute approximate surface area is 182 Å². The number of aliphatic hydroxyl groups is 1. The fraction of sp³-hybridized carbons (Fsp3) is 0.391. The molecule has 166 valence electrons. The molecule has 0 aliphatic heterocycles. The number of benzene rings is 2. The molecule has 0 aliphatic carbocycles. The zero-order valence-corrected chi connectivity index (χ0v) is 18.4. The zero-order chi connectivity index (χ0) is 22.2. The molecule has 0 radical (unpaired) electrons. The van der Waals surface area contributed by atoms with Gasteiger partial charge in [0.2, 0.25) is 17.5 Å². The second kappa shape index (κ2) is 10.8. The molecule has 8 heteroatoms. The van der Waals surface area contributed by atoms with Crippen molar-refractivity contribution in [2.75, 3.05) is 34.4 Å². The first-order valence-corrected chi connectivity index (χ1v) is 10.1. The summed E-state index contributed by atoms with van der Waals surface area (Å²) in [7, 11) is 4.68. The molecule has 0 amide bonds. The SMILES string of the molecule is COc1cc(-c2noc(CCN(Cc3ccccc3)C[C@H](C)O)n2)cc(OC)c1OC. The van der Waals surface area contributed by atoms with E-state index in [1.165, 1.54) is 5.56 Å². The van der Waals surface area contributed by atoms with E-state index in [9.17, 15) is 5.11 Å². The third-order valence-corrected chi connectivity index (χ3v) is 4.80. The first-order valence-electron chi connectivity index (χ1n) is 10.1. The van der Waals surface area contributed by atoms with Gasteiger partial charge in [-0.05, 0) is 24.6 Å². The first-order chi connectivity index (χ1) is 15.0. The van der Waals surface area contributed by atoms with Gasteiger partial charge < -0.3 is 23.8 Å². The summed E-state index contributed by atoms with van der Waals surface area (Å²) in [4.78, 5) is 6.70. The first kappa shape index (κ1) is 22.6. The second-order valence-electron chi connectivity index (χ2n) is 7.25. The molecule has 3 aromatic rings. The highest BCUT2D eigenvalue weighted by atomic mass is 16.5. The van der Waals surface area contributed by atoms with E-state index < -0.39 is 6.10 Å². The third kappa shape index (κ3) is 5.96. The van der Waals surface area contributed by atoms with Gasteiger partial charge in [0.1, 0.15) is 0 Å². The van der Waals surface area contributed by atoms with Crippen molar-refractivity contribution < 1.29 is 23.8 Å². The maximum absolute atomic E-state index is 9.87. The number of aromatic nitrogens is 2. The molecule has 0 bridgehead atoms. The van der Waals surface area contributed by atoms with E-state index in [1.54, 1.807) is 40.4 Å². The lowest BCUT2D eigenvalue weighted by Crippen LogP contribution is -2.32. The standard InChI is InChI=1S/C23H29N3O5/c1-16(27)14-26(15-17-8-6-5-7-9-17)11-10-21-24-23(25-31-21)18-12-19(28-2)22(30-4)20(13-18)29-3/h5-9,12-13,16,27H,10-11,14-15H2,1-4H3/t16-/m0/s1. The number of nitrogens with zero attached hydrogens (tertiary/aromatic N) is 3. The molecule has 0 unspecified atom stereocenters. The van der Waals surface area contributed by atoms with Gasteiger partial charge in [0.15, 0.2) is 11.5 Å². The topological polar surface area (TPSA) is 90.1 Å². The number of hydrogen-bond donors (Lipinski definition) is 1. The van der Waals surface area contributed by atoms with E-state index in [0.717, 1.165) is 6.54 Å². The van der Waals surface area contributed by atoms with Gasteiger partial charge in [-0.3, -0.25) is 4.90 Å². The molecule has 3 rings (SSSR count). The van der Waals surface area contributed by atoms with E-state index >= 15 is 0 Å². The minimum absolute atomic E-state index is 0.429. The molecule has 0 fully saturated rings. The fourth-order valence-electron chi connectivity index (χ4n) is 3.39. The highest BCUT2D eigenvalue weighted by Gasteiger charge is 2.18. The Hall–Kier alpha value is -3.10. The Morgan fingerprint density at radius 1 is 1.03 bits per heavy atom. The lowest BCUT2D eigenvalue weighted by molar-refractivity contribution is 0.121. The van der Waals surface area contributed by atoms with Crippen LogP contribution in [-0.2, 0) is 13.0 Å². The highest BCUT2D eigenvalue weighted by Crippen LogP contribution is 2.40. The van der Waals surface area contributed by atoms with Crippen LogP contribution < -0.4 is 14.2 Å². The van der Waals surface area contributed by atoms with Crippen LogP contribution in [0, 0.1) is 0 Å². The predicted octanol–water partition coefficient (Wildman–Crippen LogP) is 3.19. The average molecular weight is 428 g/mol. The summed E-state index contributed by atoms with van der Waals surface area (Å²) in [5.41, 5.74) is 1.89. The minimum Gasteiger partial charge on any atom is -0.493 e. The molecule has 0 saturated carbocycles. The number of methoxy groups -OCH3 is 3. The Balaban J connectivity index is 1.72. The molecule has 0 saturated heterocycles. The van der Waals surface area contributed by atoms with Crippen molar-refractivity contribution in [3.05, 3.63) is 53.9 Å². The molecule has 0 aliphatic rings. The van der Waals surface area contributed by atoms with Crippen LogP contribution in [0.1, 0.15) is 18.4 Å². The van der Waals surface area contributed by atoms with Gasteiger partial charge in [0.05, 0.1) is 27.4 Å². The van der Waals surface area contributed by atoms with Crippen molar-refractivity contribution in [2.24, 2.45) is 0 Å². The van der Waals surface area contributed by atoms with Crippen LogP contribution in [0.15, 0.2) is 47.0 Å². The summed E-state index contributed by atoms with van der Waals surface area (Å²) in [5.74, 6) is 2.52. The van der Waals surface area contributed by atoms with Crippen LogP contribution in [0.2, 0.25) is 0 Å². The van der Waals surface area contributed by atoms with Crippen molar-refractivity contribution in [1.29, 1.82) is 0 Å². The van der Waals surface area contributed by atoms with Crippen molar-refractivity contribution in [3.8, 4) is 28.6 Å². The molecule has 8 nitrogen and oxygen atoms in total. The Kier molecular flexibility index (Phi) is 7.86. The lowest BCUT2D eigenvalue weighted by atomic mass is 10.1. The van der Waals surface area contributed by atoms with Crippen LogP contribution >= 0.6 is 0 Å². The Morgan fingerprint density at radius 2 is 1.71 bits per heavy atom. The van der Waals surface area contributed by atoms with Crippen LogP contribution in [0.5, 0.6) is 17.2 Å². The van der Waals surface area contributed by atoms with Crippen LogP contribution in [0.25, 0.3) is 11.4 Å². The molecule has 1 aromatic heterocycles. The fourth-order valence-corrected chi connectivity index (χ4v) is 3.39. The molecule has 2 aromatic carbocycles. The molecule has 1 atom stereocenters. The maximum Gasteiger partial charge on any atom is 0.228 e. The minimum atomic E-state index is -0.429.